The third kappa shape index (κ3) is 2.97. The molecule has 0 radical (unpaired) electrons. The summed E-state index contributed by atoms with van der Waals surface area (Å²) in [5.41, 5.74) is 0.0970. The maximum Gasteiger partial charge on any atom is 0.371 e. The maximum absolute atomic E-state index is 11.9. The van der Waals surface area contributed by atoms with Gasteiger partial charge in [0.1, 0.15) is 5.76 Å². The van der Waals surface area contributed by atoms with Crippen LogP contribution in [0.5, 0.6) is 0 Å². The summed E-state index contributed by atoms with van der Waals surface area (Å²) in [5, 5.41) is 8.79. The first-order valence-corrected chi connectivity index (χ1v) is 6.37. The average molecular weight is 265 g/mol. The lowest BCUT2D eigenvalue weighted by Crippen LogP contribution is -2.27. The first-order valence-electron chi connectivity index (χ1n) is 6.37. The van der Waals surface area contributed by atoms with E-state index in [1.54, 1.807) is 11.0 Å². The van der Waals surface area contributed by atoms with Gasteiger partial charge in [0.15, 0.2) is 0 Å². The van der Waals surface area contributed by atoms with Crippen LogP contribution in [0.1, 0.15) is 43.5 Å². The Morgan fingerprint density at radius 1 is 1.47 bits per heavy atom. The Hall–Kier alpha value is -1.78. The predicted octanol–water partition coefficient (Wildman–Crippen LogP) is 2.37. The molecular formula is C14H19NO4. The van der Waals surface area contributed by atoms with Gasteiger partial charge >= 0.3 is 5.97 Å². The van der Waals surface area contributed by atoms with E-state index in [4.69, 9.17) is 9.52 Å². The van der Waals surface area contributed by atoms with Crippen LogP contribution in [0.25, 0.3) is 0 Å². The SMILES string of the molecule is CC(C)(C)C1CC(=O)N(Cc2ccc(C(=O)O)o2)C1. The number of nitrogens with zero attached hydrogens (tertiary/aromatic N) is 1. The molecule has 1 aliphatic rings. The number of amides is 1. The van der Waals surface area contributed by atoms with Crippen molar-refractivity contribution in [2.75, 3.05) is 6.54 Å². The van der Waals surface area contributed by atoms with Gasteiger partial charge in [0.05, 0.1) is 6.54 Å². The number of aromatic carboxylic acids is 1. The van der Waals surface area contributed by atoms with Crippen molar-refractivity contribution in [2.24, 2.45) is 11.3 Å². The van der Waals surface area contributed by atoms with Gasteiger partial charge < -0.3 is 14.4 Å². The molecule has 5 nitrogen and oxygen atoms in total. The highest BCUT2D eigenvalue weighted by Gasteiger charge is 2.37. The minimum atomic E-state index is -1.09. The minimum Gasteiger partial charge on any atom is -0.475 e. The summed E-state index contributed by atoms with van der Waals surface area (Å²) in [4.78, 5) is 24.4. The van der Waals surface area contributed by atoms with Crippen molar-refractivity contribution in [3.63, 3.8) is 0 Å². The molecule has 1 amide bonds. The summed E-state index contributed by atoms with van der Waals surface area (Å²) in [5.74, 6) is -0.233. The summed E-state index contributed by atoms with van der Waals surface area (Å²) in [7, 11) is 0. The quantitative estimate of drug-likeness (QED) is 0.910. The Balaban J connectivity index is 2.03. The highest BCUT2D eigenvalue weighted by atomic mass is 16.4. The van der Waals surface area contributed by atoms with Gasteiger partial charge in [-0.1, -0.05) is 20.8 Å². The molecule has 2 rings (SSSR count). The molecule has 1 atom stereocenters. The molecule has 5 heteroatoms. The second-order valence-corrected chi connectivity index (χ2v) is 6.11. The maximum atomic E-state index is 11.9. The molecule has 1 aliphatic heterocycles. The Bertz CT molecular complexity index is 498. The second kappa shape index (κ2) is 4.72. The highest BCUT2D eigenvalue weighted by molar-refractivity contribution is 5.84. The molecule has 0 aliphatic carbocycles. The zero-order valence-electron chi connectivity index (χ0n) is 11.5. The van der Waals surface area contributed by atoms with E-state index < -0.39 is 5.97 Å². The third-order valence-corrected chi connectivity index (χ3v) is 3.66. The van der Waals surface area contributed by atoms with Crippen LogP contribution in [-0.4, -0.2) is 28.4 Å². The first-order chi connectivity index (χ1) is 8.77. The van der Waals surface area contributed by atoms with Crippen LogP contribution >= 0.6 is 0 Å². The molecule has 0 bridgehead atoms. The van der Waals surface area contributed by atoms with Crippen molar-refractivity contribution in [3.05, 3.63) is 23.7 Å². The molecule has 1 N–H and O–H groups in total. The highest BCUT2D eigenvalue weighted by Crippen LogP contribution is 2.34. The Morgan fingerprint density at radius 2 is 2.16 bits per heavy atom. The summed E-state index contributed by atoms with van der Waals surface area (Å²) >= 11 is 0. The van der Waals surface area contributed by atoms with Crippen LogP contribution in [0, 0.1) is 11.3 Å². The van der Waals surface area contributed by atoms with Crippen LogP contribution in [0.2, 0.25) is 0 Å². The van der Waals surface area contributed by atoms with Crippen LogP contribution in [0.15, 0.2) is 16.5 Å². The number of carbonyl (C=O) groups excluding carboxylic acids is 1. The molecule has 1 unspecified atom stereocenters. The van der Waals surface area contributed by atoms with E-state index in [9.17, 15) is 9.59 Å². The Labute approximate surface area is 112 Å². The molecular weight excluding hydrogens is 246 g/mol. The number of likely N-dealkylation sites (tertiary alicyclic amines) is 1. The smallest absolute Gasteiger partial charge is 0.371 e. The number of carbonyl (C=O) groups is 2. The van der Waals surface area contributed by atoms with E-state index in [1.807, 2.05) is 0 Å². The molecule has 1 aromatic rings. The molecule has 1 saturated heterocycles. The second-order valence-electron chi connectivity index (χ2n) is 6.11. The van der Waals surface area contributed by atoms with Gasteiger partial charge in [0, 0.05) is 13.0 Å². The van der Waals surface area contributed by atoms with Gasteiger partial charge in [-0.2, -0.15) is 0 Å². The predicted molar refractivity (Wildman–Crippen MR) is 68.6 cm³/mol. The van der Waals surface area contributed by atoms with Gasteiger partial charge in [0.2, 0.25) is 11.7 Å². The first kappa shape index (κ1) is 13.6. The minimum absolute atomic E-state index is 0.0889. The van der Waals surface area contributed by atoms with Crippen molar-refractivity contribution < 1.29 is 19.1 Å². The number of carboxylic acid groups (broad SMARTS) is 1. The molecule has 0 spiro atoms. The molecule has 1 fully saturated rings. The van der Waals surface area contributed by atoms with E-state index in [0.29, 0.717) is 31.2 Å². The molecule has 104 valence electrons. The lowest BCUT2D eigenvalue weighted by Gasteiger charge is -2.26. The Morgan fingerprint density at radius 3 is 2.63 bits per heavy atom. The normalized spacial score (nSPS) is 20.1. The fourth-order valence-electron chi connectivity index (χ4n) is 2.27. The zero-order valence-corrected chi connectivity index (χ0v) is 11.5. The van der Waals surface area contributed by atoms with E-state index >= 15 is 0 Å². The monoisotopic (exact) mass is 265 g/mol. The van der Waals surface area contributed by atoms with Gasteiger partial charge in [-0.3, -0.25) is 4.79 Å². The van der Waals surface area contributed by atoms with Crippen LogP contribution in [-0.2, 0) is 11.3 Å². The van der Waals surface area contributed by atoms with Crippen molar-refractivity contribution in [1.82, 2.24) is 4.90 Å². The number of furan rings is 1. The van der Waals surface area contributed by atoms with E-state index in [-0.39, 0.29) is 17.1 Å². The summed E-state index contributed by atoms with van der Waals surface area (Å²) in [6.45, 7) is 7.43. The standard InChI is InChI=1S/C14H19NO4/c1-14(2,3)9-6-12(16)15(7-9)8-10-4-5-11(19-10)13(17)18/h4-5,9H,6-8H2,1-3H3,(H,17,18). The zero-order chi connectivity index (χ0) is 14.2. The fraction of sp³-hybridized carbons (Fsp3) is 0.571. The van der Waals surface area contributed by atoms with Gasteiger partial charge in [-0.05, 0) is 23.5 Å². The van der Waals surface area contributed by atoms with E-state index in [0.717, 1.165) is 0 Å². The van der Waals surface area contributed by atoms with Crippen LogP contribution < -0.4 is 0 Å². The molecule has 2 heterocycles. The van der Waals surface area contributed by atoms with Gasteiger partial charge in [0.25, 0.3) is 0 Å². The van der Waals surface area contributed by atoms with Crippen molar-refractivity contribution in [3.8, 4) is 0 Å². The number of hydrogen-bond donors (Lipinski definition) is 1. The third-order valence-electron chi connectivity index (χ3n) is 3.66. The molecule has 19 heavy (non-hydrogen) atoms. The van der Waals surface area contributed by atoms with Crippen molar-refractivity contribution >= 4 is 11.9 Å². The molecule has 0 saturated carbocycles. The largest absolute Gasteiger partial charge is 0.475 e. The Kier molecular flexibility index (Phi) is 3.39. The molecule has 0 aromatic carbocycles. The van der Waals surface area contributed by atoms with Gasteiger partial charge in [-0.15, -0.1) is 0 Å². The van der Waals surface area contributed by atoms with Crippen LogP contribution in [0.4, 0.5) is 0 Å². The molecule has 1 aromatic heterocycles. The van der Waals surface area contributed by atoms with Crippen molar-refractivity contribution in [2.45, 2.75) is 33.7 Å². The fourth-order valence-corrected chi connectivity index (χ4v) is 2.27. The number of hydrogen-bond acceptors (Lipinski definition) is 3. The summed E-state index contributed by atoms with van der Waals surface area (Å²) in [6.07, 6.45) is 0.552. The van der Waals surface area contributed by atoms with E-state index in [2.05, 4.69) is 20.8 Å². The topological polar surface area (TPSA) is 70.8 Å². The number of rotatable bonds is 3. The average Bonchev–Trinajstić information content (AvgIpc) is 2.86. The lowest BCUT2D eigenvalue weighted by molar-refractivity contribution is -0.128. The van der Waals surface area contributed by atoms with Crippen LogP contribution in [0.3, 0.4) is 0 Å². The van der Waals surface area contributed by atoms with Crippen molar-refractivity contribution in [1.29, 1.82) is 0 Å². The van der Waals surface area contributed by atoms with Gasteiger partial charge in [-0.25, -0.2) is 4.79 Å². The summed E-state index contributed by atoms with van der Waals surface area (Å²) < 4.78 is 5.18. The number of carboxylic acids is 1. The summed E-state index contributed by atoms with van der Waals surface area (Å²) in [6, 6.07) is 3.03. The van der Waals surface area contributed by atoms with E-state index in [1.165, 1.54) is 6.07 Å². The lowest BCUT2D eigenvalue weighted by atomic mass is 9.80.